The van der Waals surface area contributed by atoms with Crippen LogP contribution in [0, 0.1) is 23.7 Å². The number of hydrogen-bond acceptors (Lipinski definition) is 2. The summed E-state index contributed by atoms with van der Waals surface area (Å²) in [5, 5.41) is 0. The molecule has 0 aromatic rings. The lowest BCUT2D eigenvalue weighted by Crippen LogP contribution is -2.22. The molecule has 0 aromatic carbocycles. The van der Waals surface area contributed by atoms with Gasteiger partial charge < -0.3 is 4.74 Å². The monoisotopic (exact) mass is 212 g/mol. The molecular weight excluding hydrogens is 188 g/mol. The first-order chi connectivity index (χ1) is 7.02. The molecule has 0 radical (unpaired) electrons. The molecule has 1 rings (SSSR count). The van der Waals surface area contributed by atoms with Crippen molar-refractivity contribution in [3.8, 4) is 0 Å². The summed E-state index contributed by atoms with van der Waals surface area (Å²) < 4.78 is 5.33. The molecule has 1 saturated carbocycles. The molecule has 0 bridgehead atoms. The summed E-state index contributed by atoms with van der Waals surface area (Å²) >= 11 is 0. The van der Waals surface area contributed by atoms with Gasteiger partial charge in [-0.15, -0.1) is 0 Å². The normalized spacial score (nSPS) is 26.3. The van der Waals surface area contributed by atoms with Gasteiger partial charge in [0.25, 0.3) is 0 Å². The smallest absolute Gasteiger partial charge is 0.308 e. The molecule has 1 aliphatic carbocycles. The highest BCUT2D eigenvalue weighted by Crippen LogP contribution is 2.36. The fourth-order valence-electron chi connectivity index (χ4n) is 2.51. The topological polar surface area (TPSA) is 26.3 Å². The van der Waals surface area contributed by atoms with Crippen molar-refractivity contribution in [1.82, 2.24) is 0 Å². The van der Waals surface area contributed by atoms with Crippen LogP contribution >= 0.6 is 0 Å². The highest BCUT2D eigenvalue weighted by Gasteiger charge is 2.30. The minimum absolute atomic E-state index is 0.00361. The maximum Gasteiger partial charge on any atom is 0.308 e. The summed E-state index contributed by atoms with van der Waals surface area (Å²) in [6, 6.07) is 0. The van der Waals surface area contributed by atoms with Gasteiger partial charge in [-0.3, -0.25) is 4.79 Å². The average molecular weight is 212 g/mol. The number of esters is 1. The first-order valence-corrected chi connectivity index (χ1v) is 6.19. The lowest BCUT2D eigenvalue weighted by Gasteiger charge is -2.23. The Labute approximate surface area is 93.4 Å². The van der Waals surface area contributed by atoms with Crippen molar-refractivity contribution in [3.63, 3.8) is 0 Å². The molecule has 15 heavy (non-hydrogen) atoms. The highest BCUT2D eigenvalue weighted by molar-refractivity contribution is 5.71. The van der Waals surface area contributed by atoms with E-state index in [2.05, 4.69) is 13.8 Å². The molecule has 2 atom stereocenters. The highest BCUT2D eigenvalue weighted by atomic mass is 16.5. The molecule has 0 N–H and O–H groups in total. The Morgan fingerprint density at radius 1 is 1.27 bits per heavy atom. The van der Waals surface area contributed by atoms with Crippen molar-refractivity contribution in [2.24, 2.45) is 23.7 Å². The first-order valence-electron chi connectivity index (χ1n) is 6.19. The predicted octanol–water partition coefficient (Wildman–Crippen LogP) is 3.26. The molecule has 2 heteroatoms. The molecule has 0 aliphatic heterocycles. The van der Waals surface area contributed by atoms with Gasteiger partial charge in [-0.1, -0.05) is 34.1 Å². The fourth-order valence-corrected chi connectivity index (χ4v) is 2.51. The minimum atomic E-state index is -0.0515. The zero-order chi connectivity index (χ0) is 11.4. The third-order valence-electron chi connectivity index (χ3n) is 3.49. The van der Waals surface area contributed by atoms with Crippen molar-refractivity contribution in [3.05, 3.63) is 0 Å². The van der Waals surface area contributed by atoms with Gasteiger partial charge in [-0.2, -0.15) is 0 Å². The van der Waals surface area contributed by atoms with E-state index >= 15 is 0 Å². The van der Waals surface area contributed by atoms with Gasteiger partial charge in [0.2, 0.25) is 0 Å². The van der Waals surface area contributed by atoms with Gasteiger partial charge in [-0.05, 0) is 30.6 Å². The van der Waals surface area contributed by atoms with Crippen molar-refractivity contribution in [1.29, 1.82) is 0 Å². The van der Waals surface area contributed by atoms with Crippen molar-refractivity contribution in [2.75, 3.05) is 6.61 Å². The number of carbonyl (C=O) groups is 1. The van der Waals surface area contributed by atoms with Crippen molar-refractivity contribution >= 4 is 5.97 Å². The number of carbonyl (C=O) groups excluding carboxylic acids is 1. The van der Waals surface area contributed by atoms with Crippen LogP contribution in [0.1, 0.15) is 47.0 Å². The van der Waals surface area contributed by atoms with Crippen molar-refractivity contribution < 1.29 is 9.53 Å². The van der Waals surface area contributed by atoms with Gasteiger partial charge in [-0.25, -0.2) is 0 Å². The quantitative estimate of drug-likeness (QED) is 0.669. The van der Waals surface area contributed by atoms with Gasteiger partial charge in [0.1, 0.15) is 0 Å². The van der Waals surface area contributed by atoms with Crippen LogP contribution in [0.5, 0.6) is 0 Å². The van der Waals surface area contributed by atoms with Crippen LogP contribution in [-0.2, 0) is 9.53 Å². The van der Waals surface area contributed by atoms with Crippen LogP contribution in [0.25, 0.3) is 0 Å². The Morgan fingerprint density at radius 2 is 1.93 bits per heavy atom. The summed E-state index contributed by atoms with van der Waals surface area (Å²) in [4.78, 5) is 11.4. The van der Waals surface area contributed by atoms with E-state index in [1.807, 2.05) is 13.8 Å². The minimum Gasteiger partial charge on any atom is -0.465 e. The van der Waals surface area contributed by atoms with Gasteiger partial charge in [0.15, 0.2) is 0 Å². The van der Waals surface area contributed by atoms with Crippen LogP contribution in [0.15, 0.2) is 0 Å². The fraction of sp³-hybridized carbons (Fsp3) is 0.923. The molecule has 88 valence electrons. The van der Waals surface area contributed by atoms with E-state index in [-0.39, 0.29) is 11.9 Å². The van der Waals surface area contributed by atoms with Gasteiger partial charge in [0.05, 0.1) is 12.5 Å². The predicted molar refractivity (Wildman–Crippen MR) is 61.5 cm³/mol. The summed E-state index contributed by atoms with van der Waals surface area (Å²) in [6.45, 7) is 8.95. The van der Waals surface area contributed by atoms with Crippen LogP contribution in [0.2, 0.25) is 0 Å². The summed E-state index contributed by atoms with van der Waals surface area (Å²) in [7, 11) is 0. The average Bonchev–Trinajstić information content (AvgIpc) is 2.61. The number of rotatable bonds is 4. The number of ether oxygens (including phenoxy) is 1. The Balaban J connectivity index is 2.35. The lowest BCUT2D eigenvalue weighted by atomic mass is 9.87. The molecule has 0 amide bonds. The first kappa shape index (κ1) is 12.5. The van der Waals surface area contributed by atoms with E-state index in [0.717, 1.165) is 11.8 Å². The van der Waals surface area contributed by atoms with Gasteiger partial charge >= 0.3 is 5.97 Å². The van der Waals surface area contributed by atoms with Crippen molar-refractivity contribution in [2.45, 2.75) is 47.0 Å². The van der Waals surface area contributed by atoms with Crippen LogP contribution in [0.3, 0.4) is 0 Å². The van der Waals surface area contributed by atoms with E-state index in [9.17, 15) is 4.79 Å². The molecule has 0 heterocycles. The second-order valence-electron chi connectivity index (χ2n) is 5.38. The lowest BCUT2D eigenvalue weighted by molar-refractivity contribution is -0.149. The zero-order valence-electron chi connectivity index (χ0n) is 10.5. The largest absolute Gasteiger partial charge is 0.465 e. The third kappa shape index (κ3) is 3.51. The van der Waals surface area contributed by atoms with E-state index in [0.29, 0.717) is 12.5 Å². The molecule has 0 saturated heterocycles. The van der Waals surface area contributed by atoms with Crippen LogP contribution < -0.4 is 0 Å². The Morgan fingerprint density at radius 3 is 2.47 bits per heavy atom. The Hall–Kier alpha value is -0.530. The SMILES string of the molecule is CC(C)C(=O)OCC1CCCC1C(C)C. The second kappa shape index (κ2) is 5.53. The standard InChI is InChI=1S/C13H24O2/c1-9(2)12-7-5-6-11(12)8-15-13(14)10(3)4/h9-12H,5-8H2,1-4H3. The van der Waals surface area contributed by atoms with Crippen LogP contribution in [0.4, 0.5) is 0 Å². The Kier molecular flexibility index (Phi) is 4.62. The maximum atomic E-state index is 11.4. The third-order valence-corrected chi connectivity index (χ3v) is 3.49. The molecule has 0 spiro atoms. The summed E-state index contributed by atoms with van der Waals surface area (Å²) in [6.07, 6.45) is 3.84. The summed E-state index contributed by atoms with van der Waals surface area (Å²) in [5.74, 6) is 2.03. The molecule has 2 nitrogen and oxygen atoms in total. The molecule has 0 aromatic heterocycles. The van der Waals surface area contributed by atoms with E-state index < -0.39 is 0 Å². The molecule has 2 unspecified atom stereocenters. The number of hydrogen-bond donors (Lipinski definition) is 0. The van der Waals surface area contributed by atoms with E-state index in [1.165, 1.54) is 19.3 Å². The summed E-state index contributed by atoms with van der Waals surface area (Å²) in [5.41, 5.74) is 0. The van der Waals surface area contributed by atoms with E-state index in [4.69, 9.17) is 4.74 Å². The zero-order valence-corrected chi connectivity index (χ0v) is 10.5. The van der Waals surface area contributed by atoms with E-state index in [1.54, 1.807) is 0 Å². The second-order valence-corrected chi connectivity index (χ2v) is 5.38. The maximum absolute atomic E-state index is 11.4. The molecule has 1 fully saturated rings. The van der Waals surface area contributed by atoms with Gasteiger partial charge in [0, 0.05) is 0 Å². The Bertz CT molecular complexity index is 209. The molecule has 1 aliphatic rings. The van der Waals surface area contributed by atoms with Crippen LogP contribution in [-0.4, -0.2) is 12.6 Å². The molecular formula is C13H24O2.